The van der Waals surface area contributed by atoms with E-state index in [1.165, 1.54) is 4.31 Å². The van der Waals surface area contributed by atoms with Crippen molar-refractivity contribution in [2.24, 2.45) is 5.92 Å². The van der Waals surface area contributed by atoms with E-state index in [-0.39, 0.29) is 17.6 Å². The van der Waals surface area contributed by atoms with Crippen LogP contribution in [0.5, 0.6) is 0 Å². The average Bonchev–Trinajstić information content (AvgIpc) is 2.70. The van der Waals surface area contributed by atoms with Gasteiger partial charge in [-0.1, -0.05) is 55.0 Å². The number of hydrogen-bond acceptors (Lipinski definition) is 3. The summed E-state index contributed by atoms with van der Waals surface area (Å²) in [7, 11) is -3.37. The largest absolute Gasteiger partial charge is 0.326 e. The van der Waals surface area contributed by atoms with Crippen LogP contribution in [0.4, 0.5) is 5.69 Å². The molecule has 0 spiro atoms. The highest BCUT2D eigenvalue weighted by molar-refractivity contribution is 7.88. The zero-order valence-electron chi connectivity index (χ0n) is 16.5. The highest BCUT2D eigenvalue weighted by Crippen LogP contribution is 2.24. The summed E-state index contributed by atoms with van der Waals surface area (Å²) in [6.07, 6.45) is 1.95. The van der Waals surface area contributed by atoms with Crippen LogP contribution >= 0.6 is 0 Å². The smallest absolute Gasteiger partial charge is 0.227 e. The summed E-state index contributed by atoms with van der Waals surface area (Å²) in [5, 5.41) is 3.02. The van der Waals surface area contributed by atoms with E-state index in [0.29, 0.717) is 25.9 Å². The Labute approximate surface area is 167 Å². The monoisotopic (exact) mass is 400 g/mol. The number of aryl methyl sites for hydroxylation is 2. The lowest BCUT2D eigenvalue weighted by Gasteiger charge is -2.30. The Hall–Kier alpha value is -2.18. The van der Waals surface area contributed by atoms with Crippen molar-refractivity contribution in [2.75, 3.05) is 18.4 Å². The van der Waals surface area contributed by atoms with Gasteiger partial charge in [-0.15, -0.1) is 0 Å². The zero-order chi connectivity index (χ0) is 20.1. The molecule has 0 bridgehead atoms. The summed E-state index contributed by atoms with van der Waals surface area (Å²) < 4.78 is 27.0. The van der Waals surface area contributed by atoms with Gasteiger partial charge >= 0.3 is 0 Å². The maximum Gasteiger partial charge on any atom is 0.227 e. The van der Waals surface area contributed by atoms with Crippen molar-refractivity contribution in [3.8, 4) is 0 Å². The first-order valence-corrected chi connectivity index (χ1v) is 11.4. The molecule has 5 nitrogen and oxygen atoms in total. The maximum atomic E-state index is 12.7. The average molecular weight is 401 g/mol. The van der Waals surface area contributed by atoms with E-state index in [4.69, 9.17) is 0 Å². The van der Waals surface area contributed by atoms with Gasteiger partial charge in [0.1, 0.15) is 0 Å². The van der Waals surface area contributed by atoms with Crippen molar-refractivity contribution in [1.29, 1.82) is 0 Å². The Bertz CT molecular complexity index is 915. The van der Waals surface area contributed by atoms with E-state index in [1.807, 2.05) is 55.5 Å². The van der Waals surface area contributed by atoms with E-state index >= 15 is 0 Å². The number of nitrogens with one attached hydrogen (secondary N) is 1. The molecule has 2 aromatic rings. The first kappa shape index (κ1) is 20.6. The molecule has 0 saturated carbocycles. The second-order valence-electron chi connectivity index (χ2n) is 7.42. The molecule has 1 aliphatic rings. The summed E-state index contributed by atoms with van der Waals surface area (Å²) in [5.41, 5.74) is 3.86. The number of rotatable bonds is 6. The number of piperidine rings is 1. The molecule has 0 atom stereocenters. The number of anilines is 1. The van der Waals surface area contributed by atoms with Crippen molar-refractivity contribution in [3.05, 3.63) is 65.2 Å². The molecule has 1 N–H and O–H groups in total. The molecule has 2 aromatic carbocycles. The molecule has 0 aromatic heterocycles. The number of amides is 1. The van der Waals surface area contributed by atoms with Crippen molar-refractivity contribution >= 4 is 21.6 Å². The summed E-state index contributed by atoms with van der Waals surface area (Å²) >= 11 is 0. The molecule has 0 radical (unpaired) electrons. The van der Waals surface area contributed by atoms with Crippen molar-refractivity contribution < 1.29 is 13.2 Å². The second-order valence-corrected chi connectivity index (χ2v) is 9.38. The first-order chi connectivity index (χ1) is 13.4. The Kier molecular flexibility index (Phi) is 6.52. The number of carbonyl (C=O) groups is 1. The van der Waals surface area contributed by atoms with Crippen LogP contribution in [-0.4, -0.2) is 31.7 Å². The van der Waals surface area contributed by atoms with E-state index in [9.17, 15) is 13.2 Å². The van der Waals surface area contributed by atoms with E-state index < -0.39 is 10.0 Å². The summed E-state index contributed by atoms with van der Waals surface area (Å²) in [5.74, 6) is -0.166. The molecule has 6 heteroatoms. The number of sulfonamides is 1. The van der Waals surface area contributed by atoms with Gasteiger partial charge in [0.15, 0.2) is 0 Å². The number of carbonyl (C=O) groups excluding carboxylic acids is 1. The fourth-order valence-corrected chi connectivity index (χ4v) is 5.13. The van der Waals surface area contributed by atoms with Crippen molar-refractivity contribution in [1.82, 2.24) is 4.31 Å². The fraction of sp³-hybridized carbons (Fsp3) is 0.409. The van der Waals surface area contributed by atoms with Gasteiger partial charge in [-0.25, -0.2) is 12.7 Å². The first-order valence-electron chi connectivity index (χ1n) is 9.81. The van der Waals surface area contributed by atoms with Crippen LogP contribution in [0.2, 0.25) is 0 Å². The lowest BCUT2D eigenvalue weighted by molar-refractivity contribution is -0.120. The van der Waals surface area contributed by atoms with Crippen LogP contribution in [0, 0.1) is 12.8 Å². The van der Waals surface area contributed by atoms with Gasteiger partial charge < -0.3 is 5.32 Å². The van der Waals surface area contributed by atoms with Gasteiger partial charge in [0.05, 0.1) is 5.75 Å². The van der Waals surface area contributed by atoms with E-state index in [1.54, 1.807) is 0 Å². The third-order valence-electron chi connectivity index (χ3n) is 5.34. The van der Waals surface area contributed by atoms with Gasteiger partial charge in [-0.2, -0.15) is 0 Å². The molecule has 150 valence electrons. The third kappa shape index (κ3) is 5.00. The normalized spacial score (nSPS) is 16.1. The molecule has 1 amide bonds. The van der Waals surface area contributed by atoms with Crippen LogP contribution in [-0.2, 0) is 27.0 Å². The minimum atomic E-state index is -3.37. The molecule has 1 saturated heterocycles. The van der Waals surface area contributed by atoms with Crippen molar-refractivity contribution in [2.45, 2.75) is 38.9 Å². The molecular formula is C22H28N2O3S. The zero-order valence-corrected chi connectivity index (χ0v) is 17.3. The van der Waals surface area contributed by atoms with Crippen molar-refractivity contribution in [3.63, 3.8) is 0 Å². The molecule has 28 heavy (non-hydrogen) atoms. The Morgan fingerprint density at radius 2 is 1.71 bits per heavy atom. The fourth-order valence-electron chi connectivity index (χ4n) is 3.57. The molecule has 1 heterocycles. The SMILES string of the molecule is CCc1ccccc1NC(=O)C1CCN(S(=O)(=O)Cc2ccc(C)cc2)CC1. The van der Waals surface area contributed by atoms with E-state index in [2.05, 4.69) is 12.2 Å². The van der Waals surface area contributed by atoms with Gasteiger partial charge in [0.2, 0.25) is 15.9 Å². The van der Waals surface area contributed by atoms with Gasteiger partial charge in [0, 0.05) is 24.7 Å². The molecule has 3 rings (SSSR count). The Morgan fingerprint density at radius 1 is 1.07 bits per heavy atom. The van der Waals surface area contributed by atoms with Crippen LogP contribution < -0.4 is 5.32 Å². The number of nitrogens with zero attached hydrogens (tertiary/aromatic N) is 1. The number of hydrogen-bond donors (Lipinski definition) is 1. The predicted octanol–water partition coefficient (Wildman–Crippen LogP) is 3.74. The van der Waals surface area contributed by atoms with Crippen LogP contribution in [0.1, 0.15) is 36.5 Å². The summed E-state index contributed by atoms with van der Waals surface area (Å²) in [4.78, 5) is 12.6. The molecule has 1 aliphatic heterocycles. The molecular weight excluding hydrogens is 372 g/mol. The number of benzene rings is 2. The van der Waals surface area contributed by atoms with Crippen LogP contribution in [0.15, 0.2) is 48.5 Å². The Balaban J connectivity index is 1.57. The number of para-hydroxylation sites is 1. The van der Waals surface area contributed by atoms with Crippen LogP contribution in [0.25, 0.3) is 0 Å². The highest BCUT2D eigenvalue weighted by atomic mass is 32.2. The quantitative estimate of drug-likeness (QED) is 0.803. The molecule has 0 aliphatic carbocycles. The highest BCUT2D eigenvalue weighted by Gasteiger charge is 2.31. The minimum absolute atomic E-state index is 0.00795. The standard InChI is InChI=1S/C22H28N2O3S/c1-3-19-6-4-5-7-21(19)23-22(25)20-12-14-24(15-13-20)28(26,27)16-18-10-8-17(2)9-11-18/h4-11,20H,3,12-16H2,1-2H3,(H,23,25). The van der Waals surface area contributed by atoms with Gasteiger partial charge in [-0.05, 0) is 43.4 Å². The lowest BCUT2D eigenvalue weighted by Crippen LogP contribution is -2.41. The molecule has 1 fully saturated rings. The second kappa shape index (κ2) is 8.88. The van der Waals surface area contributed by atoms with Gasteiger partial charge in [0.25, 0.3) is 0 Å². The molecule has 0 unspecified atom stereocenters. The summed E-state index contributed by atoms with van der Waals surface area (Å²) in [6, 6.07) is 15.4. The summed E-state index contributed by atoms with van der Waals surface area (Å²) in [6.45, 7) is 4.82. The predicted molar refractivity (Wildman–Crippen MR) is 113 cm³/mol. The van der Waals surface area contributed by atoms with E-state index in [0.717, 1.165) is 28.8 Å². The lowest BCUT2D eigenvalue weighted by atomic mass is 9.97. The Morgan fingerprint density at radius 3 is 2.36 bits per heavy atom. The van der Waals surface area contributed by atoms with Gasteiger partial charge in [-0.3, -0.25) is 4.79 Å². The third-order valence-corrected chi connectivity index (χ3v) is 7.19. The topological polar surface area (TPSA) is 66.5 Å². The maximum absolute atomic E-state index is 12.7. The van der Waals surface area contributed by atoms with Crippen LogP contribution in [0.3, 0.4) is 0 Å². The minimum Gasteiger partial charge on any atom is -0.326 e.